The Balaban J connectivity index is 1.51. The monoisotopic (exact) mass is 533 g/mol. The Morgan fingerprint density at radius 2 is 1.88 bits per heavy atom. The molecule has 1 atom stereocenters. The fourth-order valence-corrected chi connectivity index (χ4v) is 5.84. The summed E-state index contributed by atoms with van der Waals surface area (Å²) in [5.74, 6) is -1.84. The maximum Gasteiger partial charge on any atom is 0.262 e. The van der Waals surface area contributed by atoms with E-state index in [1.807, 2.05) is 5.32 Å². The molecule has 2 amide bonds. The largest absolute Gasteiger partial charge is 0.384 e. The summed E-state index contributed by atoms with van der Waals surface area (Å²) < 4.78 is 38.3. The summed E-state index contributed by atoms with van der Waals surface area (Å²) in [4.78, 5) is 31.5. The molecule has 2 N–H and O–H groups in total. The zero-order chi connectivity index (χ0) is 24.6. The molecule has 6 nitrogen and oxygen atoms in total. The van der Waals surface area contributed by atoms with Gasteiger partial charge in [-0.05, 0) is 49.4 Å². The van der Waals surface area contributed by atoms with E-state index in [1.54, 1.807) is 6.92 Å². The SMILES string of the molecule is CC1(c2cc(Cl)c(F)c(Cl)c2)CC(c2sc(C(=O)NCC(=O)NCC(F)F)c3c2CCC3)=NO1. The Morgan fingerprint density at radius 1 is 1.21 bits per heavy atom. The van der Waals surface area contributed by atoms with E-state index in [2.05, 4.69) is 10.5 Å². The molecule has 0 spiro atoms. The van der Waals surface area contributed by atoms with E-state index in [9.17, 15) is 22.8 Å². The first-order valence-electron chi connectivity index (χ1n) is 10.5. The summed E-state index contributed by atoms with van der Waals surface area (Å²) in [6, 6.07) is 2.91. The number of benzene rings is 1. The average molecular weight is 534 g/mol. The van der Waals surface area contributed by atoms with Crippen LogP contribution < -0.4 is 10.6 Å². The molecular weight excluding hydrogens is 514 g/mol. The third kappa shape index (κ3) is 4.89. The number of nitrogens with one attached hydrogen (secondary N) is 2. The fourth-order valence-electron chi connectivity index (χ4n) is 4.06. The second-order valence-electron chi connectivity index (χ2n) is 8.24. The molecule has 0 saturated carbocycles. The van der Waals surface area contributed by atoms with Crippen molar-refractivity contribution in [1.82, 2.24) is 10.6 Å². The molecule has 4 rings (SSSR count). The van der Waals surface area contributed by atoms with Crippen LogP contribution in [0, 0.1) is 5.82 Å². The molecule has 0 radical (unpaired) electrons. The number of thiophene rings is 1. The summed E-state index contributed by atoms with van der Waals surface area (Å²) in [7, 11) is 0. The van der Waals surface area contributed by atoms with Gasteiger partial charge < -0.3 is 15.5 Å². The van der Waals surface area contributed by atoms with Crippen LogP contribution in [-0.4, -0.2) is 37.0 Å². The van der Waals surface area contributed by atoms with Crippen LogP contribution in [0.3, 0.4) is 0 Å². The molecule has 2 heterocycles. The van der Waals surface area contributed by atoms with Gasteiger partial charge in [0.25, 0.3) is 12.3 Å². The van der Waals surface area contributed by atoms with Crippen molar-refractivity contribution in [3.05, 3.63) is 54.4 Å². The number of fused-ring (bicyclic) bond motifs is 1. The number of oxime groups is 1. The highest BCUT2D eigenvalue weighted by atomic mass is 35.5. The van der Waals surface area contributed by atoms with Crippen molar-refractivity contribution in [3.63, 3.8) is 0 Å². The summed E-state index contributed by atoms with van der Waals surface area (Å²) in [5, 5.41) is 8.57. The zero-order valence-electron chi connectivity index (χ0n) is 17.9. The van der Waals surface area contributed by atoms with Crippen LogP contribution in [-0.2, 0) is 28.1 Å². The highest BCUT2D eigenvalue weighted by molar-refractivity contribution is 7.16. The molecule has 2 aliphatic rings. The number of amides is 2. The smallest absolute Gasteiger partial charge is 0.262 e. The molecular formula is C22H20Cl2F3N3O3S. The Bertz CT molecular complexity index is 1160. The minimum atomic E-state index is -2.66. The van der Waals surface area contributed by atoms with Crippen molar-refractivity contribution in [3.8, 4) is 0 Å². The van der Waals surface area contributed by atoms with Gasteiger partial charge in [-0.3, -0.25) is 9.59 Å². The second-order valence-corrected chi connectivity index (χ2v) is 10.1. The van der Waals surface area contributed by atoms with Gasteiger partial charge in [0.15, 0.2) is 11.4 Å². The van der Waals surface area contributed by atoms with Crippen LogP contribution in [0.1, 0.15) is 51.0 Å². The van der Waals surface area contributed by atoms with E-state index in [0.29, 0.717) is 29.0 Å². The average Bonchev–Trinajstić information content (AvgIpc) is 3.49. The van der Waals surface area contributed by atoms with E-state index < -0.39 is 42.7 Å². The third-order valence-corrected chi connectivity index (χ3v) is 7.63. The molecule has 0 bridgehead atoms. The van der Waals surface area contributed by atoms with Gasteiger partial charge in [-0.15, -0.1) is 11.3 Å². The summed E-state index contributed by atoms with van der Waals surface area (Å²) in [6.07, 6.45) is 0.0445. The van der Waals surface area contributed by atoms with Crippen LogP contribution in [0.4, 0.5) is 13.2 Å². The van der Waals surface area contributed by atoms with E-state index in [-0.39, 0.29) is 10.0 Å². The first-order valence-corrected chi connectivity index (χ1v) is 12.0. The lowest BCUT2D eigenvalue weighted by Crippen LogP contribution is -2.38. The molecule has 182 valence electrons. The van der Waals surface area contributed by atoms with E-state index in [4.69, 9.17) is 28.0 Å². The molecule has 0 fully saturated rings. The summed E-state index contributed by atoms with van der Waals surface area (Å²) in [6.45, 7) is 0.626. The number of hydrogen-bond donors (Lipinski definition) is 2. The van der Waals surface area contributed by atoms with Gasteiger partial charge >= 0.3 is 0 Å². The van der Waals surface area contributed by atoms with Gasteiger partial charge in [-0.2, -0.15) is 0 Å². The minimum Gasteiger partial charge on any atom is -0.384 e. The van der Waals surface area contributed by atoms with Gasteiger partial charge in [-0.25, -0.2) is 13.2 Å². The maximum absolute atomic E-state index is 13.9. The standard InChI is InChI=1S/C22H20Cl2F3N3O3S/c1-22(10-5-13(23)18(27)14(24)6-10)7-15(30-33-22)19-11-3-2-4-12(11)20(34-19)21(32)29-9-17(31)28-8-16(25)26/h5-6,16H,2-4,7-9H2,1H3,(H,28,31)(H,29,32). The number of rotatable bonds is 7. The van der Waals surface area contributed by atoms with Crippen LogP contribution in [0.2, 0.25) is 10.0 Å². The van der Waals surface area contributed by atoms with E-state index in [0.717, 1.165) is 28.8 Å². The molecule has 1 aliphatic heterocycles. The van der Waals surface area contributed by atoms with Crippen LogP contribution in [0.25, 0.3) is 0 Å². The van der Waals surface area contributed by atoms with Crippen molar-refractivity contribution in [2.75, 3.05) is 13.1 Å². The topological polar surface area (TPSA) is 79.8 Å². The minimum absolute atomic E-state index is 0.116. The van der Waals surface area contributed by atoms with Crippen molar-refractivity contribution < 1.29 is 27.6 Å². The van der Waals surface area contributed by atoms with Crippen molar-refractivity contribution in [2.45, 2.75) is 44.6 Å². The summed E-state index contributed by atoms with van der Waals surface area (Å²) in [5.41, 5.74) is 2.21. The van der Waals surface area contributed by atoms with Gasteiger partial charge in [0, 0.05) is 12.0 Å². The lowest BCUT2D eigenvalue weighted by Gasteiger charge is -2.22. The quantitative estimate of drug-likeness (QED) is 0.500. The van der Waals surface area contributed by atoms with Gasteiger partial charge in [0.2, 0.25) is 5.91 Å². The van der Waals surface area contributed by atoms with Gasteiger partial charge in [0.05, 0.1) is 32.9 Å². The number of carbonyl (C=O) groups is 2. The van der Waals surface area contributed by atoms with Crippen molar-refractivity contribution in [2.24, 2.45) is 5.16 Å². The summed E-state index contributed by atoms with van der Waals surface area (Å²) >= 11 is 13.2. The molecule has 2 aromatic rings. The Hall–Kier alpha value is -2.30. The van der Waals surface area contributed by atoms with Gasteiger partial charge in [0.1, 0.15) is 5.71 Å². The predicted octanol–water partition coefficient (Wildman–Crippen LogP) is 4.83. The van der Waals surface area contributed by atoms with Crippen LogP contribution in [0.15, 0.2) is 17.3 Å². The van der Waals surface area contributed by atoms with Gasteiger partial charge in [-0.1, -0.05) is 28.4 Å². The lowest BCUT2D eigenvalue weighted by molar-refractivity contribution is -0.120. The zero-order valence-corrected chi connectivity index (χ0v) is 20.3. The highest BCUT2D eigenvalue weighted by Gasteiger charge is 2.40. The highest BCUT2D eigenvalue weighted by Crippen LogP contribution is 2.43. The number of halogens is 5. The molecule has 1 aliphatic carbocycles. The molecule has 1 aromatic carbocycles. The van der Waals surface area contributed by atoms with Crippen molar-refractivity contribution in [1.29, 1.82) is 0 Å². The maximum atomic E-state index is 13.9. The van der Waals surface area contributed by atoms with Crippen molar-refractivity contribution >= 4 is 52.1 Å². The first-order chi connectivity index (χ1) is 16.1. The third-order valence-electron chi connectivity index (χ3n) is 5.76. The Kier molecular flexibility index (Phi) is 7.12. The number of carbonyl (C=O) groups excluding carboxylic acids is 2. The van der Waals surface area contributed by atoms with Crippen LogP contribution >= 0.6 is 34.5 Å². The number of nitrogens with zero attached hydrogens (tertiary/aromatic N) is 1. The number of alkyl halides is 2. The molecule has 1 aromatic heterocycles. The predicted molar refractivity (Wildman–Crippen MR) is 124 cm³/mol. The van der Waals surface area contributed by atoms with Crippen LogP contribution in [0.5, 0.6) is 0 Å². The molecule has 34 heavy (non-hydrogen) atoms. The molecule has 0 saturated heterocycles. The molecule has 12 heteroatoms. The Labute approximate surface area is 207 Å². The lowest BCUT2D eigenvalue weighted by atomic mass is 9.90. The normalized spacial score (nSPS) is 19.1. The van der Waals surface area contributed by atoms with E-state index in [1.165, 1.54) is 23.5 Å². The molecule has 1 unspecified atom stereocenters. The first kappa shape index (κ1) is 24.8. The number of hydrogen-bond acceptors (Lipinski definition) is 5. The fraction of sp³-hybridized carbons (Fsp3) is 0.409. The van der Waals surface area contributed by atoms with E-state index >= 15 is 0 Å². The second kappa shape index (κ2) is 9.75. The Morgan fingerprint density at radius 3 is 2.56 bits per heavy atom.